The monoisotopic (exact) mass is 286 g/mol. The molecule has 8 nitrogen and oxygen atoms in total. The summed E-state index contributed by atoms with van der Waals surface area (Å²) in [6.07, 6.45) is 2.20. The lowest BCUT2D eigenvalue weighted by molar-refractivity contribution is -0.134. The van der Waals surface area contributed by atoms with Gasteiger partial charge >= 0.3 is 11.7 Å². The molecule has 1 aromatic heterocycles. The van der Waals surface area contributed by atoms with E-state index in [1.54, 1.807) is 0 Å². The molecule has 9 heteroatoms. The molecule has 0 spiro atoms. The minimum absolute atomic E-state index is 0.107. The molecule has 1 amide bonds. The fourth-order valence-electron chi connectivity index (χ4n) is 1.48. The number of hydrogen-bond acceptors (Lipinski definition) is 5. The lowest BCUT2D eigenvalue weighted by Crippen LogP contribution is -2.28. The molecule has 2 rings (SSSR count). The molecular weight excluding hydrogens is 272 g/mol. The van der Waals surface area contributed by atoms with Gasteiger partial charge in [-0.05, 0) is 12.8 Å². The molecule has 0 saturated heterocycles. The number of aromatic amines is 1. The van der Waals surface area contributed by atoms with E-state index in [9.17, 15) is 14.4 Å². The third-order valence-electron chi connectivity index (χ3n) is 2.55. The molecule has 1 aliphatic carbocycles. The minimum Gasteiger partial charge on any atom is -0.481 e. The van der Waals surface area contributed by atoms with Crippen molar-refractivity contribution in [2.75, 3.05) is 5.75 Å². The third-order valence-corrected chi connectivity index (χ3v) is 3.51. The second-order valence-electron chi connectivity index (χ2n) is 4.24. The van der Waals surface area contributed by atoms with Crippen molar-refractivity contribution in [2.24, 2.45) is 0 Å². The molecule has 1 saturated carbocycles. The van der Waals surface area contributed by atoms with Gasteiger partial charge in [-0.1, -0.05) is 11.8 Å². The first-order valence-electron chi connectivity index (χ1n) is 5.85. The van der Waals surface area contributed by atoms with Gasteiger partial charge in [-0.15, -0.1) is 5.10 Å². The van der Waals surface area contributed by atoms with Crippen LogP contribution in [0, 0.1) is 0 Å². The van der Waals surface area contributed by atoms with Gasteiger partial charge in [0.25, 0.3) is 0 Å². The average molecular weight is 286 g/mol. The predicted octanol–water partition coefficient (Wildman–Crippen LogP) is -0.583. The van der Waals surface area contributed by atoms with Gasteiger partial charge in [-0.25, -0.2) is 9.89 Å². The molecule has 0 atom stereocenters. The lowest BCUT2D eigenvalue weighted by atomic mass is 10.4. The fourth-order valence-corrected chi connectivity index (χ4v) is 2.17. The quantitative estimate of drug-likeness (QED) is 0.577. The average Bonchev–Trinajstić information content (AvgIpc) is 3.08. The smallest absolute Gasteiger partial charge is 0.343 e. The molecule has 1 aliphatic rings. The van der Waals surface area contributed by atoms with Gasteiger partial charge in [0.1, 0.15) is 0 Å². The Balaban J connectivity index is 1.90. The van der Waals surface area contributed by atoms with Crippen LogP contribution in [0.4, 0.5) is 0 Å². The first kappa shape index (κ1) is 13.7. The number of carboxylic acid groups (broad SMARTS) is 1. The molecule has 1 fully saturated rings. The summed E-state index contributed by atoms with van der Waals surface area (Å²) >= 11 is 0.943. The first-order chi connectivity index (χ1) is 9.06. The summed E-state index contributed by atoms with van der Waals surface area (Å²) in [6.45, 7) is 0.190. The summed E-state index contributed by atoms with van der Waals surface area (Å²) in [6, 6.07) is 0.287. The van der Waals surface area contributed by atoms with Gasteiger partial charge in [0.15, 0.2) is 5.16 Å². The van der Waals surface area contributed by atoms with Gasteiger partial charge in [-0.2, -0.15) is 0 Å². The second-order valence-corrected chi connectivity index (χ2v) is 5.18. The molecule has 0 aromatic carbocycles. The second kappa shape index (κ2) is 5.91. The normalized spacial score (nSPS) is 14.3. The zero-order valence-corrected chi connectivity index (χ0v) is 10.9. The molecule has 0 radical (unpaired) electrons. The van der Waals surface area contributed by atoms with E-state index in [0.717, 1.165) is 24.6 Å². The maximum atomic E-state index is 11.5. The summed E-state index contributed by atoms with van der Waals surface area (Å²) in [5.41, 5.74) is -0.438. The highest BCUT2D eigenvalue weighted by molar-refractivity contribution is 7.99. The van der Waals surface area contributed by atoms with Crippen LogP contribution < -0.4 is 11.0 Å². The molecule has 3 N–H and O–H groups in total. The molecular formula is C10H14N4O4S. The Morgan fingerprint density at radius 1 is 1.53 bits per heavy atom. The molecule has 0 unspecified atom stereocenters. The number of nitrogens with zero attached hydrogens (tertiary/aromatic N) is 2. The molecule has 1 aromatic rings. The number of hydrogen-bond donors (Lipinski definition) is 3. The van der Waals surface area contributed by atoms with Crippen LogP contribution in [-0.2, 0) is 16.1 Å². The number of aromatic nitrogens is 3. The van der Waals surface area contributed by atoms with Gasteiger partial charge in [0.05, 0.1) is 5.75 Å². The van der Waals surface area contributed by atoms with Gasteiger partial charge in [0, 0.05) is 19.0 Å². The van der Waals surface area contributed by atoms with Crippen LogP contribution in [0.5, 0.6) is 0 Å². The Labute approximate surface area is 112 Å². The van der Waals surface area contributed by atoms with Crippen molar-refractivity contribution in [2.45, 2.75) is 37.0 Å². The predicted molar refractivity (Wildman–Crippen MR) is 67.0 cm³/mol. The number of carbonyl (C=O) groups excluding carboxylic acids is 1. The van der Waals surface area contributed by atoms with E-state index in [2.05, 4.69) is 15.5 Å². The Morgan fingerprint density at radius 2 is 2.26 bits per heavy atom. The van der Waals surface area contributed by atoms with E-state index in [1.165, 1.54) is 4.57 Å². The summed E-state index contributed by atoms with van der Waals surface area (Å²) < 4.78 is 1.28. The summed E-state index contributed by atoms with van der Waals surface area (Å²) in [7, 11) is 0. The number of H-pyrrole nitrogens is 1. The SMILES string of the molecule is O=C(O)CSc1n[nH]c(=O)n1CCC(=O)NC1CC1. The van der Waals surface area contributed by atoms with E-state index in [-0.39, 0.29) is 35.8 Å². The van der Waals surface area contributed by atoms with Crippen molar-refractivity contribution in [3.8, 4) is 0 Å². The zero-order valence-electron chi connectivity index (χ0n) is 10.1. The molecule has 104 valence electrons. The van der Waals surface area contributed by atoms with Crippen molar-refractivity contribution in [1.82, 2.24) is 20.1 Å². The van der Waals surface area contributed by atoms with Crippen LogP contribution in [0.2, 0.25) is 0 Å². The van der Waals surface area contributed by atoms with Crippen LogP contribution in [-0.4, -0.2) is 43.5 Å². The molecule has 1 heterocycles. The largest absolute Gasteiger partial charge is 0.481 e. The highest BCUT2D eigenvalue weighted by atomic mass is 32.2. The van der Waals surface area contributed by atoms with Crippen LogP contribution in [0.25, 0.3) is 0 Å². The Bertz CT molecular complexity index is 534. The standard InChI is InChI=1S/C10H14N4O4S/c15-7(11-6-1-2-6)3-4-14-9(18)12-13-10(14)19-5-8(16)17/h6H,1-5H2,(H,11,15)(H,12,18)(H,16,17). The van der Waals surface area contributed by atoms with Gasteiger partial charge in [0.2, 0.25) is 5.91 Å². The van der Waals surface area contributed by atoms with Gasteiger partial charge < -0.3 is 10.4 Å². The number of aliphatic carboxylic acids is 1. The number of carboxylic acids is 1. The van der Waals surface area contributed by atoms with Crippen LogP contribution in [0.3, 0.4) is 0 Å². The number of amides is 1. The van der Waals surface area contributed by atoms with E-state index in [0.29, 0.717) is 0 Å². The highest BCUT2D eigenvalue weighted by Crippen LogP contribution is 2.18. The van der Waals surface area contributed by atoms with Crippen molar-refractivity contribution in [3.05, 3.63) is 10.5 Å². The first-order valence-corrected chi connectivity index (χ1v) is 6.84. The zero-order chi connectivity index (χ0) is 13.8. The van der Waals surface area contributed by atoms with E-state index >= 15 is 0 Å². The van der Waals surface area contributed by atoms with E-state index in [1.807, 2.05) is 0 Å². The minimum atomic E-state index is -0.988. The van der Waals surface area contributed by atoms with E-state index in [4.69, 9.17) is 5.11 Å². The van der Waals surface area contributed by atoms with Gasteiger partial charge in [-0.3, -0.25) is 14.2 Å². The van der Waals surface area contributed by atoms with Crippen LogP contribution >= 0.6 is 11.8 Å². The molecule has 0 bridgehead atoms. The Morgan fingerprint density at radius 3 is 2.89 bits per heavy atom. The number of rotatable bonds is 7. The summed E-state index contributed by atoms with van der Waals surface area (Å²) in [5.74, 6) is -1.28. The molecule has 0 aliphatic heterocycles. The molecule has 19 heavy (non-hydrogen) atoms. The topological polar surface area (TPSA) is 117 Å². The lowest BCUT2D eigenvalue weighted by Gasteiger charge is -2.05. The van der Waals surface area contributed by atoms with Crippen molar-refractivity contribution >= 4 is 23.6 Å². The maximum Gasteiger partial charge on any atom is 0.343 e. The van der Waals surface area contributed by atoms with Crippen LogP contribution in [0.1, 0.15) is 19.3 Å². The number of nitrogens with one attached hydrogen (secondary N) is 2. The summed E-state index contributed by atoms with van der Waals surface area (Å²) in [5, 5.41) is 17.7. The number of carbonyl (C=O) groups is 2. The highest BCUT2D eigenvalue weighted by Gasteiger charge is 2.23. The van der Waals surface area contributed by atoms with Crippen molar-refractivity contribution in [1.29, 1.82) is 0 Å². The van der Waals surface area contributed by atoms with E-state index < -0.39 is 11.7 Å². The summed E-state index contributed by atoms with van der Waals surface area (Å²) in [4.78, 5) is 33.5. The fraction of sp³-hybridized carbons (Fsp3) is 0.600. The van der Waals surface area contributed by atoms with Crippen molar-refractivity contribution in [3.63, 3.8) is 0 Å². The Hall–Kier alpha value is -1.77. The number of thioether (sulfide) groups is 1. The Kier molecular flexibility index (Phi) is 4.25. The van der Waals surface area contributed by atoms with Crippen molar-refractivity contribution < 1.29 is 14.7 Å². The maximum absolute atomic E-state index is 11.5. The third kappa shape index (κ3) is 4.12. The van der Waals surface area contributed by atoms with Crippen LogP contribution in [0.15, 0.2) is 9.95 Å².